The van der Waals surface area contributed by atoms with Crippen LogP contribution in [0.1, 0.15) is 59.5 Å². The van der Waals surface area contributed by atoms with E-state index >= 15 is 0 Å². The van der Waals surface area contributed by atoms with Crippen LogP contribution in [0, 0.1) is 0 Å². The average Bonchev–Trinajstić information content (AvgIpc) is 3.47. The van der Waals surface area contributed by atoms with Crippen molar-refractivity contribution in [1.29, 1.82) is 0 Å². The average molecular weight is 834 g/mol. The zero-order chi connectivity index (χ0) is 42.9. The maximum atomic E-state index is 14.3. The largest absolute Gasteiger partial charge is 0.463 e. The van der Waals surface area contributed by atoms with Crippen LogP contribution in [0.2, 0.25) is 0 Å². The van der Waals surface area contributed by atoms with Crippen molar-refractivity contribution in [3.63, 3.8) is 0 Å². The number of carbonyl (C=O) groups excluding carboxylic acids is 6. The lowest BCUT2D eigenvalue weighted by Gasteiger charge is -2.50. The molecule has 0 aliphatic carbocycles. The summed E-state index contributed by atoms with van der Waals surface area (Å²) in [5.74, 6) is -4.58. The van der Waals surface area contributed by atoms with Gasteiger partial charge in [0.05, 0.1) is 24.3 Å². The Morgan fingerprint density at radius 2 is 1.00 bits per heavy atom. The van der Waals surface area contributed by atoms with E-state index in [0.717, 1.165) is 36.8 Å². The SMILES string of the molecule is CO[C@H]1O[C@H](COC(C)=O)[C@@H](OCc2ccccc2)[C@H](O[C@@H]2O[C@H](COC(C)=O)[C@@H](OC(C)=O)[C@H](OC(C)=O)[C@H]2N2C(=O)c3ccccc3C2=O)[C@H]1OCc1ccccc1. The number of nitrogens with zero attached hydrogens (tertiary/aromatic N) is 1. The van der Waals surface area contributed by atoms with Crippen molar-refractivity contribution in [2.45, 2.75) is 102 Å². The molecule has 17 heteroatoms. The zero-order valence-electron chi connectivity index (χ0n) is 33.7. The highest BCUT2D eigenvalue weighted by molar-refractivity contribution is 6.21. The van der Waals surface area contributed by atoms with Gasteiger partial charge in [0, 0.05) is 34.8 Å². The van der Waals surface area contributed by atoms with E-state index in [-0.39, 0.29) is 30.9 Å². The molecule has 3 heterocycles. The van der Waals surface area contributed by atoms with E-state index in [0.29, 0.717) is 0 Å². The van der Waals surface area contributed by atoms with Crippen molar-refractivity contribution in [3.05, 3.63) is 107 Å². The van der Waals surface area contributed by atoms with Gasteiger partial charge in [0.15, 0.2) is 24.8 Å². The number of esters is 4. The highest BCUT2D eigenvalue weighted by Gasteiger charge is 2.60. The molecule has 60 heavy (non-hydrogen) atoms. The van der Waals surface area contributed by atoms with Gasteiger partial charge in [0.1, 0.15) is 49.8 Å². The molecule has 2 amide bonds. The Kier molecular flexibility index (Phi) is 14.8. The number of hydrogen-bond acceptors (Lipinski definition) is 16. The normalized spacial score (nSPS) is 27.4. The van der Waals surface area contributed by atoms with Crippen molar-refractivity contribution < 1.29 is 76.1 Å². The summed E-state index contributed by atoms with van der Waals surface area (Å²) in [5.41, 5.74) is 1.63. The molecular weight excluding hydrogens is 786 g/mol. The summed E-state index contributed by atoms with van der Waals surface area (Å²) in [6.07, 6.45) is -12.2. The summed E-state index contributed by atoms with van der Waals surface area (Å²) in [5, 5.41) is 0. The third kappa shape index (κ3) is 10.4. The fourth-order valence-electron chi connectivity index (χ4n) is 7.37. The third-order valence-electron chi connectivity index (χ3n) is 9.93. The van der Waals surface area contributed by atoms with E-state index in [2.05, 4.69) is 0 Å². The van der Waals surface area contributed by atoms with E-state index in [4.69, 9.17) is 47.4 Å². The lowest BCUT2D eigenvalue weighted by atomic mass is 9.93. The zero-order valence-corrected chi connectivity index (χ0v) is 33.7. The highest BCUT2D eigenvalue weighted by Crippen LogP contribution is 2.39. The Morgan fingerprint density at radius 3 is 1.48 bits per heavy atom. The summed E-state index contributed by atoms with van der Waals surface area (Å²) in [4.78, 5) is 79.3. The van der Waals surface area contributed by atoms with Crippen molar-refractivity contribution in [2.24, 2.45) is 0 Å². The quantitative estimate of drug-likeness (QED) is 0.116. The van der Waals surface area contributed by atoms with E-state index in [1.54, 1.807) is 12.1 Å². The molecule has 0 N–H and O–H groups in total. The number of ether oxygens (including phenoxy) is 10. The maximum absolute atomic E-state index is 14.3. The molecule has 3 aromatic rings. The summed E-state index contributed by atoms with van der Waals surface area (Å²) in [6, 6.07) is 22.8. The molecular formula is C43H47NO16. The number of imide groups is 1. The van der Waals surface area contributed by atoms with Gasteiger partial charge in [0.2, 0.25) is 0 Å². The molecule has 0 unspecified atom stereocenters. The maximum Gasteiger partial charge on any atom is 0.303 e. The molecule has 0 bridgehead atoms. The molecule has 3 aliphatic rings. The second kappa shape index (κ2) is 20.1. The number of fused-ring (bicyclic) bond motifs is 1. The number of benzene rings is 3. The number of amides is 2. The predicted octanol–water partition coefficient (Wildman–Crippen LogP) is 3.29. The summed E-state index contributed by atoms with van der Waals surface area (Å²) >= 11 is 0. The summed E-state index contributed by atoms with van der Waals surface area (Å²) in [7, 11) is 1.38. The molecule has 2 fully saturated rings. The smallest absolute Gasteiger partial charge is 0.303 e. The molecule has 3 aromatic carbocycles. The third-order valence-corrected chi connectivity index (χ3v) is 9.93. The Balaban J connectivity index is 1.50. The second-order valence-electron chi connectivity index (χ2n) is 14.2. The molecule has 3 aliphatic heterocycles. The number of methoxy groups -OCH3 is 1. The summed E-state index contributed by atoms with van der Waals surface area (Å²) < 4.78 is 61.0. The van der Waals surface area contributed by atoms with Crippen LogP contribution >= 0.6 is 0 Å². The monoisotopic (exact) mass is 833 g/mol. The Hall–Kier alpha value is -5.56. The minimum absolute atomic E-state index is 0.00137. The van der Waals surface area contributed by atoms with Crippen LogP contribution in [-0.4, -0.2) is 122 Å². The number of carbonyl (C=O) groups is 6. The lowest BCUT2D eigenvalue weighted by Crippen LogP contribution is -2.70. The van der Waals surface area contributed by atoms with Gasteiger partial charge in [0.25, 0.3) is 11.8 Å². The number of hydrogen-bond donors (Lipinski definition) is 0. The van der Waals surface area contributed by atoms with Crippen molar-refractivity contribution in [3.8, 4) is 0 Å². The summed E-state index contributed by atoms with van der Waals surface area (Å²) in [6.45, 7) is 3.74. The van der Waals surface area contributed by atoms with Crippen LogP contribution in [0.15, 0.2) is 84.9 Å². The van der Waals surface area contributed by atoms with Crippen LogP contribution < -0.4 is 0 Å². The van der Waals surface area contributed by atoms with Gasteiger partial charge in [-0.2, -0.15) is 0 Å². The van der Waals surface area contributed by atoms with Gasteiger partial charge in [-0.05, 0) is 23.3 Å². The van der Waals surface area contributed by atoms with Gasteiger partial charge in [-0.15, -0.1) is 0 Å². The lowest BCUT2D eigenvalue weighted by molar-refractivity contribution is -0.359. The topological polar surface area (TPSA) is 198 Å². The Bertz CT molecular complexity index is 1960. The van der Waals surface area contributed by atoms with Gasteiger partial charge >= 0.3 is 23.9 Å². The second-order valence-corrected chi connectivity index (χ2v) is 14.2. The Labute approximate surface area is 346 Å². The standard InChI is InChI=1S/C43H47NO16/c1-24(45)52-22-32-35(54-20-28-14-8-6-9-15-28)38(39(43(51-5)59-32)55-21-29-16-10-7-11-17-29)60-42-34(44-40(49)30-18-12-13-19-31(30)41(44)50)37(57-27(4)48)36(56-26(3)47)33(58-42)23-53-25(2)46/h6-19,32-39,42-43H,20-23H2,1-5H3/t32-,33-,34-,35-,36-,37-,38+,39-,42+,43+/m1/s1. The van der Waals surface area contributed by atoms with Gasteiger partial charge in [-0.1, -0.05) is 72.8 Å². The minimum atomic E-state index is -1.75. The minimum Gasteiger partial charge on any atom is -0.463 e. The first-order chi connectivity index (χ1) is 28.9. The van der Waals surface area contributed by atoms with Gasteiger partial charge < -0.3 is 47.4 Å². The molecule has 10 atom stereocenters. The van der Waals surface area contributed by atoms with E-state index in [1.807, 2.05) is 60.7 Å². The fraction of sp³-hybridized carbons (Fsp3) is 0.442. The fourth-order valence-corrected chi connectivity index (χ4v) is 7.37. The highest BCUT2D eigenvalue weighted by atomic mass is 16.8. The van der Waals surface area contributed by atoms with Crippen molar-refractivity contribution in [2.75, 3.05) is 20.3 Å². The van der Waals surface area contributed by atoms with E-state index in [1.165, 1.54) is 26.2 Å². The Morgan fingerprint density at radius 1 is 0.550 bits per heavy atom. The predicted molar refractivity (Wildman–Crippen MR) is 204 cm³/mol. The molecule has 17 nitrogen and oxygen atoms in total. The number of rotatable bonds is 16. The first kappa shape index (κ1) is 44.0. The molecule has 0 spiro atoms. The van der Waals surface area contributed by atoms with Crippen molar-refractivity contribution in [1.82, 2.24) is 4.90 Å². The first-order valence-electron chi connectivity index (χ1n) is 19.2. The van der Waals surface area contributed by atoms with Crippen LogP contribution in [0.5, 0.6) is 0 Å². The van der Waals surface area contributed by atoms with E-state index < -0.39 is 104 Å². The van der Waals surface area contributed by atoms with Crippen LogP contribution in [-0.2, 0) is 79.8 Å². The van der Waals surface area contributed by atoms with Gasteiger partial charge in [-0.3, -0.25) is 33.7 Å². The van der Waals surface area contributed by atoms with Crippen LogP contribution in [0.25, 0.3) is 0 Å². The molecule has 2 saturated heterocycles. The van der Waals surface area contributed by atoms with Crippen LogP contribution in [0.3, 0.4) is 0 Å². The van der Waals surface area contributed by atoms with Crippen LogP contribution in [0.4, 0.5) is 0 Å². The first-order valence-corrected chi connectivity index (χ1v) is 19.2. The van der Waals surface area contributed by atoms with E-state index in [9.17, 15) is 28.8 Å². The van der Waals surface area contributed by atoms with Gasteiger partial charge in [-0.25, -0.2) is 0 Å². The van der Waals surface area contributed by atoms with Crippen molar-refractivity contribution >= 4 is 35.7 Å². The molecule has 0 aromatic heterocycles. The molecule has 320 valence electrons. The molecule has 0 radical (unpaired) electrons. The molecule has 0 saturated carbocycles. The molecule has 6 rings (SSSR count).